The van der Waals surface area contributed by atoms with Crippen molar-refractivity contribution in [2.45, 2.75) is 125 Å². The predicted octanol–water partition coefficient (Wildman–Crippen LogP) is 6.28. The Hall–Kier alpha value is -1.93. The maximum Gasteiger partial charge on any atom is 0.323 e. The molecule has 4 saturated carbocycles. The molecule has 0 aromatic heterocycles. The first-order chi connectivity index (χ1) is 19.8. The number of methoxy groups -OCH3 is 1. The molecule has 0 radical (unpaired) electrons. The zero-order valence-electron chi connectivity index (χ0n) is 27.9. The van der Waals surface area contributed by atoms with Gasteiger partial charge in [-0.05, 0) is 104 Å². The highest BCUT2D eigenvalue weighted by Crippen LogP contribution is 2.75. The molecule has 5 aliphatic rings. The topological polar surface area (TPSA) is 133 Å². The molecular formula is C35H54ClNO7. The minimum Gasteiger partial charge on any atom is -0.481 e. The van der Waals surface area contributed by atoms with Gasteiger partial charge >= 0.3 is 17.9 Å². The number of hydrogen-bond acceptors (Lipinski definition) is 7. The second-order valence-corrected chi connectivity index (χ2v) is 16.7. The molecule has 0 aliphatic heterocycles. The smallest absolute Gasteiger partial charge is 0.323 e. The van der Waals surface area contributed by atoms with Gasteiger partial charge in [0.25, 0.3) is 0 Å². The van der Waals surface area contributed by atoms with Gasteiger partial charge in [0.2, 0.25) is 0 Å². The number of ether oxygens (including phenoxy) is 2. The standard InChI is InChI=1S/C35H53NO7.ClH/c1-30(2)24-9-12-35(7)27(33(24,5)11-10-25(30)43-28(40)22(36)18-26(38)39)23(37)17-20-21-19-32(4,29(41)42-8)14-13-31(21,3)15-16-34(20,35)6;/h17,21-22,24-25,27H,9-16,18-19,36H2,1-8H3,(H,38,39);1H/t21-,22-,24-,25-,27+,31+,32-,33-,34+,35+;/m0./s1. The summed E-state index contributed by atoms with van der Waals surface area (Å²) in [6, 6.07) is -1.20. The Bertz CT molecular complexity index is 1260. The van der Waals surface area contributed by atoms with Crippen LogP contribution in [0.15, 0.2) is 11.6 Å². The summed E-state index contributed by atoms with van der Waals surface area (Å²) in [5.41, 5.74) is 5.55. The van der Waals surface area contributed by atoms with Gasteiger partial charge in [0.15, 0.2) is 5.78 Å². The van der Waals surface area contributed by atoms with E-state index in [1.165, 1.54) is 12.7 Å². The number of allylic oxidation sites excluding steroid dienone is 2. The summed E-state index contributed by atoms with van der Waals surface area (Å²) in [4.78, 5) is 51.3. The molecule has 248 valence electrons. The molecule has 0 heterocycles. The van der Waals surface area contributed by atoms with Gasteiger partial charge in [-0.25, -0.2) is 0 Å². The molecule has 0 spiro atoms. The van der Waals surface area contributed by atoms with Crippen molar-refractivity contribution in [2.75, 3.05) is 7.11 Å². The summed E-state index contributed by atoms with van der Waals surface area (Å²) >= 11 is 0. The lowest BCUT2D eigenvalue weighted by Gasteiger charge is -2.70. The first-order valence-electron chi connectivity index (χ1n) is 16.3. The van der Waals surface area contributed by atoms with E-state index in [1.54, 1.807) is 0 Å². The van der Waals surface area contributed by atoms with Crippen LogP contribution < -0.4 is 5.73 Å². The number of carbonyl (C=O) groups excluding carboxylic acids is 3. The molecule has 8 nitrogen and oxygen atoms in total. The van der Waals surface area contributed by atoms with Gasteiger partial charge in [-0.1, -0.05) is 47.1 Å². The fourth-order valence-electron chi connectivity index (χ4n) is 11.3. The highest BCUT2D eigenvalue weighted by Gasteiger charge is 2.70. The van der Waals surface area contributed by atoms with E-state index in [0.717, 1.165) is 51.4 Å². The summed E-state index contributed by atoms with van der Waals surface area (Å²) in [5.74, 6) is -1.58. The van der Waals surface area contributed by atoms with Gasteiger partial charge < -0.3 is 20.3 Å². The Morgan fingerprint density at radius 1 is 0.977 bits per heavy atom. The molecule has 10 atom stereocenters. The molecule has 0 amide bonds. The van der Waals surface area contributed by atoms with Crippen molar-refractivity contribution >= 4 is 36.1 Å². The number of rotatable bonds is 5. The third-order valence-corrected chi connectivity index (χ3v) is 14.1. The van der Waals surface area contributed by atoms with Gasteiger partial charge in [0, 0.05) is 11.3 Å². The number of carboxylic acid groups (broad SMARTS) is 1. The van der Waals surface area contributed by atoms with E-state index in [0.29, 0.717) is 6.42 Å². The first kappa shape index (κ1) is 34.9. The third-order valence-electron chi connectivity index (χ3n) is 14.1. The van der Waals surface area contributed by atoms with Gasteiger partial charge in [-0.15, -0.1) is 12.4 Å². The maximum atomic E-state index is 14.6. The van der Waals surface area contributed by atoms with Crippen LogP contribution in [0.4, 0.5) is 0 Å². The highest BCUT2D eigenvalue weighted by atomic mass is 35.5. The predicted molar refractivity (Wildman–Crippen MR) is 169 cm³/mol. The Morgan fingerprint density at radius 2 is 1.61 bits per heavy atom. The Morgan fingerprint density at radius 3 is 2.23 bits per heavy atom. The number of aliphatic carboxylic acids is 1. The number of carbonyl (C=O) groups is 4. The van der Waals surface area contributed by atoms with Crippen LogP contribution in [0.5, 0.6) is 0 Å². The van der Waals surface area contributed by atoms with Gasteiger partial charge in [0.05, 0.1) is 18.9 Å². The number of nitrogens with two attached hydrogens (primary N) is 1. The molecule has 5 aliphatic carbocycles. The lowest BCUT2D eigenvalue weighted by molar-refractivity contribution is -0.211. The molecule has 3 N–H and O–H groups in total. The molecule has 0 saturated heterocycles. The highest BCUT2D eigenvalue weighted by molar-refractivity contribution is 5.95. The molecule has 0 bridgehead atoms. The summed E-state index contributed by atoms with van der Waals surface area (Å²) < 4.78 is 11.2. The minimum atomic E-state index is -1.20. The summed E-state index contributed by atoms with van der Waals surface area (Å²) in [6.07, 6.45) is 8.93. The van der Waals surface area contributed by atoms with Crippen molar-refractivity contribution in [3.8, 4) is 0 Å². The van der Waals surface area contributed by atoms with Crippen LogP contribution in [-0.4, -0.2) is 48.1 Å². The van der Waals surface area contributed by atoms with Crippen LogP contribution in [-0.2, 0) is 28.7 Å². The summed E-state index contributed by atoms with van der Waals surface area (Å²) in [5, 5.41) is 9.09. The molecule has 0 unspecified atom stereocenters. The third kappa shape index (κ3) is 4.87. The fourth-order valence-corrected chi connectivity index (χ4v) is 11.3. The van der Waals surface area contributed by atoms with E-state index in [4.69, 9.17) is 20.3 Å². The number of carboxylic acids is 1. The largest absolute Gasteiger partial charge is 0.481 e. The molecule has 9 heteroatoms. The molecular weight excluding hydrogens is 582 g/mol. The van der Waals surface area contributed by atoms with Crippen LogP contribution in [0.1, 0.15) is 113 Å². The SMILES string of the molecule is COC(=O)[C@@]1(C)CC[C@]2(C)CC[C@]3(C)C(=CC(=O)[C@@H]4[C@@]5(C)CC[C@H](OC(=O)[C@@H](N)CC(=O)O)C(C)(C)[C@@H]5CC[C@]43C)[C@@H]2C1.Cl. The van der Waals surface area contributed by atoms with Crippen molar-refractivity contribution < 1.29 is 33.8 Å². The van der Waals surface area contributed by atoms with E-state index in [9.17, 15) is 19.2 Å². The van der Waals surface area contributed by atoms with Crippen LogP contribution >= 0.6 is 12.4 Å². The minimum absolute atomic E-state index is 0. The monoisotopic (exact) mass is 635 g/mol. The molecule has 5 rings (SSSR count). The van der Waals surface area contributed by atoms with E-state index in [2.05, 4.69) is 41.5 Å². The average Bonchev–Trinajstić information content (AvgIpc) is 2.91. The van der Waals surface area contributed by atoms with E-state index < -0.39 is 41.3 Å². The molecule has 44 heavy (non-hydrogen) atoms. The summed E-state index contributed by atoms with van der Waals surface area (Å²) in [7, 11) is 1.47. The second kappa shape index (κ2) is 11.1. The fraction of sp³-hybridized carbons (Fsp3) is 0.829. The van der Waals surface area contributed by atoms with Crippen molar-refractivity contribution in [2.24, 2.45) is 56.0 Å². The van der Waals surface area contributed by atoms with Gasteiger partial charge in [-0.2, -0.15) is 0 Å². The number of hydrogen-bond donors (Lipinski definition) is 2. The normalized spacial score (nSPS) is 44.7. The van der Waals surface area contributed by atoms with Crippen molar-refractivity contribution in [3.63, 3.8) is 0 Å². The molecule has 0 aromatic carbocycles. The van der Waals surface area contributed by atoms with Crippen molar-refractivity contribution in [1.29, 1.82) is 0 Å². The number of esters is 2. The van der Waals surface area contributed by atoms with Crippen LogP contribution in [0.3, 0.4) is 0 Å². The van der Waals surface area contributed by atoms with Gasteiger partial charge in [0.1, 0.15) is 12.1 Å². The van der Waals surface area contributed by atoms with Gasteiger partial charge in [-0.3, -0.25) is 19.2 Å². The Labute approximate surface area is 269 Å². The van der Waals surface area contributed by atoms with E-state index >= 15 is 0 Å². The maximum absolute atomic E-state index is 14.6. The van der Waals surface area contributed by atoms with Crippen LogP contribution in [0.2, 0.25) is 0 Å². The number of ketones is 1. The van der Waals surface area contributed by atoms with Crippen LogP contribution in [0.25, 0.3) is 0 Å². The first-order valence-corrected chi connectivity index (χ1v) is 16.3. The van der Waals surface area contributed by atoms with Crippen molar-refractivity contribution in [3.05, 3.63) is 11.6 Å². The average molecular weight is 636 g/mol. The Balaban J connectivity index is 0.00000442. The van der Waals surface area contributed by atoms with E-state index in [1.807, 2.05) is 13.0 Å². The Kier molecular flexibility index (Phi) is 8.81. The van der Waals surface area contributed by atoms with E-state index in [-0.39, 0.29) is 63.6 Å². The van der Waals surface area contributed by atoms with Crippen LogP contribution in [0, 0.1) is 50.2 Å². The number of fused-ring (bicyclic) bond motifs is 7. The molecule has 4 fully saturated rings. The quantitative estimate of drug-likeness (QED) is 0.338. The zero-order chi connectivity index (χ0) is 32.0. The van der Waals surface area contributed by atoms with Crippen molar-refractivity contribution in [1.82, 2.24) is 0 Å². The molecule has 0 aromatic rings. The lowest BCUT2D eigenvalue weighted by atomic mass is 9.33. The lowest BCUT2D eigenvalue weighted by Crippen LogP contribution is -2.67. The summed E-state index contributed by atoms with van der Waals surface area (Å²) in [6.45, 7) is 15.7. The zero-order valence-corrected chi connectivity index (χ0v) is 28.7. The second-order valence-electron chi connectivity index (χ2n) is 16.7. The number of halogens is 1.